The Labute approximate surface area is 180 Å². The highest BCUT2D eigenvalue weighted by atomic mass is 35.5. The van der Waals surface area contributed by atoms with Gasteiger partial charge >= 0.3 is 17.8 Å². The van der Waals surface area contributed by atoms with E-state index in [9.17, 15) is 14.4 Å². The van der Waals surface area contributed by atoms with E-state index in [0.717, 1.165) is 0 Å². The molecule has 0 saturated carbocycles. The average molecular weight is 446 g/mol. The minimum absolute atomic E-state index is 0.0642. The second kappa shape index (κ2) is 9.73. The molecule has 0 unspecified atom stereocenters. The first-order chi connectivity index (χ1) is 14.4. The molecular formula is C20H13Cl2N3O5. The number of rotatable bonds is 5. The number of carbonyl (C=O) groups is 3. The molecule has 0 aliphatic rings. The van der Waals surface area contributed by atoms with Gasteiger partial charge in [-0.05, 0) is 48.0 Å². The molecule has 30 heavy (non-hydrogen) atoms. The highest BCUT2D eigenvalue weighted by Gasteiger charge is 2.14. The first-order valence-electron chi connectivity index (χ1n) is 8.37. The van der Waals surface area contributed by atoms with Gasteiger partial charge in [-0.25, -0.2) is 10.2 Å². The lowest BCUT2D eigenvalue weighted by Crippen LogP contribution is -2.32. The topological polar surface area (TPSA) is 110 Å². The molecule has 8 nitrogen and oxygen atoms in total. The van der Waals surface area contributed by atoms with Crippen LogP contribution in [0.2, 0.25) is 10.0 Å². The van der Waals surface area contributed by atoms with Crippen LogP contribution in [0.5, 0.6) is 5.75 Å². The van der Waals surface area contributed by atoms with Gasteiger partial charge < -0.3 is 14.5 Å². The van der Waals surface area contributed by atoms with Crippen LogP contribution in [0.3, 0.4) is 0 Å². The zero-order valence-corrected chi connectivity index (χ0v) is 16.6. The molecule has 1 aromatic heterocycles. The largest absolute Gasteiger partial charge is 0.457 e. The number of benzene rings is 2. The number of furan rings is 1. The summed E-state index contributed by atoms with van der Waals surface area (Å²) in [6.07, 6.45) is 2.65. The van der Waals surface area contributed by atoms with E-state index < -0.39 is 17.8 Å². The van der Waals surface area contributed by atoms with E-state index in [4.69, 9.17) is 32.4 Å². The molecule has 152 valence electrons. The summed E-state index contributed by atoms with van der Waals surface area (Å²) in [5.41, 5.74) is 2.92. The molecule has 0 fully saturated rings. The zero-order chi connectivity index (χ0) is 21.5. The molecule has 0 saturated heterocycles. The Hall–Kier alpha value is -3.62. The number of esters is 1. The highest BCUT2D eigenvalue weighted by Crippen LogP contribution is 2.24. The SMILES string of the molecule is O=C(NN=Cc1cccc(OC(=O)c2ccco2)c1)C(=O)Nc1ccc(Cl)c(Cl)c1. The molecule has 2 amide bonds. The summed E-state index contributed by atoms with van der Waals surface area (Å²) < 4.78 is 10.1. The van der Waals surface area contributed by atoms with Crippen molar-refractivity contribution in [3.05, 3.63) is 82.2 Å². The second-order valence-electron chi connectivity index (χ2n) is 5.72. The maximum atomic E-state index is 11.9. The molecule has 0 atom stereocenters. The van der Waals surface area contributed by atoms with Crippen molar-refractivity contribution in [2.45, 2.75) is 0 Å². The van der Waals surface area contributed by atoms with E-state index in [0.29, 0.717) is 16.3 Å². The number of hydrogen-bond acceptors (Lipinski definition) is 6. The Morgan fingerprint density at radius 3 is 2.53 bits per heavy atom. The van der Waals surface area contributed by atoms with Gasteiger partial charge in [0.1, 0.15) is 5.75 Å². The van der Waals surface area contributed by atoms with Crippen LogP contribution in [0.1, 0.15) is 16.1 Å². The fourth-order valence-electron chi connectivity index (χ4n) is 2.19. The molecule has 0 aliphatic heterocycles. The van der Waals surface area contributed by atoms with E-state index >= 15 is 0 Å². The number of nitrogens with zero attached hydrogens (tertiary/aromatic N) is 1. The van der Waals surface area contributed by atoms with Gasteiger partial charge in [0.05, 0.1) is 22.5 Å². The molecule has 2 aromatic carbocycles. The molecule has 10 heteroatoms. The van der Waals surface area contributed by atoms with Crippen molar-refractivity contribution >= 4 is 52.9 Å². The molecule has 3 aromatic rings. The fourth-order valence-corrected chi connectivity index (χ4v) is 2.49. The smallest absolute Gasteiger partial charge is 0.379 e. The Balaban J connectivity index is 1.55. The van der Waals surface area contributed by atoms with Crippen LogP contribution < -0.4 is 15.5 Å². The summed E-state index contributed by atoms with van der Waals surface area (Å²) in [5, 5.41) is 6.64. The Kier molecular flexibility index (Phi) is 6.84. The van der Waals surface area contributed by atoms with Gasteiger partial charge in [0.15, 0.2) is 0 Å². The van der Waals surface area contributed by atoms with Crippen LogP contribution >= 0.6 is 23.2 Å². The third-order valence-corrected chi connectivity index (χ3v) is 4.29. The number of hydrazone groups is 1. The molecule has 3 rings (SSSR count). The van der Waals surface area contributed by atoms with Gasteiger partial charge in [-0.1, -0.05) is 35.3 Å². The van der Waals surface area contributed by atoms with Gasteiger partial charge in [-0.3, -0.25) is 9.59 Å². The van der Waals surface area contributed by atoms with Gasteiger partial charge in [-0.2, -0.15) is 5.10 Å². The minimum atomic E-state index is -0.988. The lowest BCUT2D eigenvalue weighted by Gasteiger charge is -2.05. The lowest BCUT2D eigenvalue weighted by atomic mass is 10.2. The van der Waals surface area contributed by atoms with E-state index in [2.05, 4.69) is 15.8 Å². The number of anilines is 1. The Bertz CT molecular complexity index is 1110. The van der Waals surface area contributed by atoms with Crippen molar-refractivity contribution < 1.29 is 23.5 Å². The van der Waals surface area contributed by atoms with Crippen LogP contribution in [0.4, 0.5) is 5.69 Å². The van der Waals surface area contributed by atoms with Crippen LogP contribution in [-0.4, -0.2) is 24.0 Å². The normalized spacial score (nSPS) is 10.6. The third-order valence-electron chi connectivity index (χ3n) is 3.55. The maximum absolute atomic E-state index is 11.9. The summed E-state index contributed by atoms with van der Waals surface area (Å²) in [4.78, 5) is 35.6. The standard InChI is InChI=1S/C20H13Cl2N3O5/c21-15-7-6-13(10-16(15)22)24-18(26)19(27)25-23-11-12-3-1-4-14(9-12)30-20(28)17-5-2-8-29-17/h1-11H,(H,24,26)(H,25,27). The number of hydrogen-bond donors (Lipinski definition) is 2. The van der Waals surface area contributed by atoms with Gasteiger partial charge in [-0.15, -0.1) is 0 Å². The maximum Gasteiger partial charge on any atom is 0.379 e. The third kappa shape index (κ3) is 5.69. The second-order valence-corrected chi connectivity index (χ2v) is 6.54. The van der Waals surface area contributed by atoms with Crippen molar-refractivity contribution in [1.29, 1.82) is 0 Å². The highest BCUT2D eigenvalue weighted by molar-refractivity contribution is 6.42. The molecule has 0 aliphatic carbocycles. The van der Waals surface area contributed by atoms with Crippen molar-refractivity contribution in [2.75, 3.05) is 5.32 Å². The quantitative estimate of drug-likeness (QED) is 0.203. The fraction of sp³-hybridized carbons (Fsp3) is 0. The summed E-state index contributed by atoms with van der Waals surface area (Å²) in [5.74, 6) is -2.26. The molecule has 0 bridgehead atoms. The number of ether oxygens (including phenoxy) is 1. The molecular weight excluding hydrogens is 433 g/mol. The number of halogens is 2. The van der Waals surface area contributed by atoms with Crippen molar-refractivity contribution in [2.24, 2.45) is 5.10 Å². The predicted molar refractivity (Wildman–Crippen MR) is 111 cm³/mol. The van der Waals surface area contributed by atoms with E-state index in [1.807, 2.05) is 0 Å². The van der Waals surface area contributed by atoms with Crippen LogP contribution in [-0.2, 0) is 9.59 Å². The van der Waals surface area contributed by atoms with Crippen molar-refractivity contribution in [3.8, 4) is 5.75 Å². The first-order valence-corrected chi connectivity index (χ1v) is 9.13. The minimum Gasteiger partial charge on any atom is -0.457 e. The first kappa shape index (κ1) is 21.1. The predicted octanol–water partition coefficient (Wildman–Crippen LogP) is 3.89. The van der Waals surface area contributed by atoms with Gasteiger partial charge in [0, 0.05) is 5.69 Å². The van der Waals surface area contributed by atoms with Gasteiger partial charge in [0.2, 0.25) is 5.76 Å². The van der Waals surface area contributed by atoms with Gasteiger partial charge in [0.25, 0.3) is 0 Å². The monoisotopic (exact) mass is 445 g/mol. The van der Waals surface area contributed by atoms with Crippen LogP contribution in [0.15, 0.2) is 70.4 Å². The van der Waals surface area contributed by atoms with E-state index in [1.54, 1.807) is 24.3 Å². The number of amides is 2. The Morgan fingerprint density at radius 2 is 1.80 bits per heavy atom. The molecule has 1 heterocycles. The summed E-state index contributed by atoms with van der Waals surface area (Å²) in [7, 11) is 0. The average Bonchev–Trinajstić information content (AvgIpc) is 3.26. The summed E-state index contributed by atoms with van der Waals surface area (Å²) >= 11 is 11.7. The number of nitrogens with one attached hydrogen (secondary N) is 2. The summed E-state index contributed by atoms with van der Waals surface area (Å²) in [6.45, 7) is 0. The number of carbonyl (C=O) groups excluding carboxylic acids is 3. The van der Waals surface area contributed by atoms with Crippen molar-refractivity contribution in [1.82, 2.24) is 5.43 Å². The van der Waals surface area contributed by atoms with Crippen LogP contribution in [0, 0.1) is 0 Å². The molecule has 0 spiro atoms. The van der Waals surface area contributed by atoms with Crippen molar-refractivity contribution in [3.63, 3.8) is 0 Å². The molecule has 0 radical (unpaired) electrons. The van der Waals surface area contributed by atoms with Crippen LogP contribution in [0.25, 0.3) is 0 Å². The summed E-state index contributed by atoms with van der Waals surface area (Å²) in [6, 6.07) is 13.8. The Morgan fingerprint density at radius 1 is 0.967 bits per heavy atom. The zero-order valence-electron chi connectivity index (χ0n) is 15.1. The van der Waals surface area contributed by atoms with E-state index in [-0.39, 0.29) is 16.5 Å². The molecule has 2 N–H and O–H groups in total. The lowest BCUT2D eigenvalue weighted by molar-refractivity contribution is -0.136. The van der Waals surface area contributed by atoms with E-state index in [1.165, 1.54) is 42.8 Å².